The fraction of sp³-hybridized carbons (Fsp3) is 0.667. The molecule has 0 aromatic carbocycles. The molecule has 1 aromatic rings. The third kappa shape index (κ3) is 4.59. The lowest BCUT2D eigenvalue weighted by atomic mass is 10.0. The van der Waals surface area contributed by atoms with E-state index < -0.39 is 0 Å². The fourth-order valence-electron chi connectivity index (χ4n) is 1.79. The molecule has 0 spiro atoms. The van der Waals surface area contributed by atoms with Crippen molar-refractivity contribution in [2.24, 2.45) is 5.92 Å². The van der Waals surface area contributed by atoms with E-state index in [1.165, 1.54) is 10.9 Å². The molecule has 1 heterocycles. The zero-order valence-electron chi connectivity index (χ0n) is 11.1. The normalized spacial score (nSPS) is 12.7. The Balaban J connectivity index is 2.90. The molecule has 0 saturated carbocycles. The first kappa shape index (κ1) is 16.1. The molecule has 0 aliphatic heterocycles. The maximum Gasteiger partial charge on any atom is 0.283 e. The fourth-order valence-corrected chi connectivity index (χ4v) is 2.21. The molecule has 108 valence electrons. The summed E-state index contributed by atoms with van der Waals surface area (Å²) in [5, 5.41) is 25.2. The van der Waals surface area contributed by atoms with Crippen LogP contribution >= 0.6 is 15.9 Å². The van der Waals surface area contributed by atoms with Gasteiger partial charge in [-0.1, -0.05) is 13.8 Å². The van der Waals surface area contributed by atoms with Crippen LogP contribution in [0.1, 0.15) is 20.3 Å². The van der Waals surface area contributed by atoms with Gasteiger partial charge < -0.3 is 15.5 Å². The zero-order valence-corrected chi connectivity index (χ0v) is 12.7. The molecule has 1 aromatic heterocycles. The quantitative estimate of drug-likeness (QED) is 0.687. The first-order valence-corrected chi connectivity index (χ1v) is 7.02. The first-order chi connectivity index (χ1) is 8.99. The van der Waals surface area contributed by atoms with Crippen LogP contribution in [0.3, 0.4) is 0 Å². The van der Waals surface area contributed by atoms with E-state index in [1.807, 2.05) is 0 Å². The Hall–Kier alpha value is -0.920. The number of aliphatic hydroxyl groups is 2. The molecule has 0 aliphatic rings. The van der Waals surface area contributed by atoms with Crippen molar-refractivity contribution in [1.29, 1.82) is 0 Å². The minimum absolute atomic E-state index is 0.00958. The summed E-state index contributed by atoms with van der Waals surface area (Å²) < 4.78 is 1.55. The second-order valence-electron chi connectivity index (χ2n) is 4.78. The van der Waals surface area contributed by atoms with Gasteiger partial charge in [-0.3, -0.25) is 4.79 Å². The van der Waals surface area contributed by atoms with E-state index in [0.29, 0.717) is 16.1 Å². The van der Waals surface area contributed by atoms with Crippen LogP contribution in [0, 0.1) is 5.92 Å². The molecule has 3 N–H and O–H groups in total. The summed E-state index contributed by atoms with van der Waals surface area (Å²) in [5.74, 6) is 0.436. The molecule has 0 saturated heterocycles. The van der Waals surface area contributed by atoms with Crippen molar-refractivity contribution in [2.75, 3.05) is 18.5 Å². The van der Waals surface area contributed by atoms with Crippen LogP contribution in [0.2, 0.25) is 0 Å². The Morgan fingerprint density at radius 1 is 1.47 bits per heavy atom. The van der Waals surface area contributed by atoms with Gasteiger partial charge in [-0.2, -0.15) is 5.10 Å². The molecular formula is C12H20BrN3O3. The highest BCUT2D eigenvalue weighted by molar-refractivity contribution is 9.10. The minimum Gasteiger partial charge on any atom is -0.394 e. The molecule has 7 heteroatoms. The summed E-state index contributed by atoms with van der Waals surface area (Å²) in [6.45, 7) is 4.14. The number of rotatable bonds is 7. The maximum absolute atomic E-state index is 11.9. The van der Waals surface area contributed by atoms with E-state index >= 15 is 0 Å². The monoisotopic (exact) mass is 333 g/mol. The van der Waals surface area contributed by atoms with Gasteiger partial charge in [-0.15, -0.1) is 0 Å². The van der Waals surface area contributed by atoms with Crippen molar-refractivity contribution >= 4 is 21.6 Å². The van der Waals surface area contributed by atoms with Gasteiger partial charge in [0.2, 0.25) is 0 Å². The molecular weight excluding hydrogens is 314 g/mol. The third-order valence-corrected chi connectivity index (χ3v) is 3.40. The molecule has 0 bridgehead atoms. The molecule has 0 fully saturated rings. The van der Waals surface area contributed by atoms with Gasteiger partial charge in [-0.25, -0.2) is 4.68 Å². The molecule has 1 atom stereocenters. The van der Waals surface area contributed by atoms with E-state index in [0.717, 1.165) is 6.42 Å². The van der Waals surface area contributed by atoms with Crippen LogP contribution in [-0.2, 0) is 6.54 Å². The highest BCUT2D eigenvalue weighted by Crippen LogP contribution is 2.19. The maximum atomic E-state index is 11.9. The summed E-state index contributed by atoms with van der Waals surface area (Å²) in [5.41, 5.74) is 0.249. The summed E-state index contributed by atoms with van der Waals surface area (Å²) in [4.78, 5) is 11.9. The minimum atomic E-state index is -0.305. The van der Waals surface area contributed by atoms with E-state index in [-0.39, 0.29) is 31.4 Å². The summed E-state index contributed by atoms with van der Waals surface area (Å²) in [7, 11) is 0. The smallest absolute Gasteiger partial charge is 0.283 e. The number of aliphatic hydroxyl groups excluding tert-OH is 2. The van der Waals surface area contributed by atoms with Gasteiger partial charge >= 0.3 is 0 Å². The SMILES string of the molecule is CC(C)CC(CO)Nc1cnn(CCO)c(=O)c1Br. The van der Waals surface area contributed by atoms with Gasteiger partial charge in [0, 0.05) is 6.04 Å². The summed E-state index contributed by atoms with van der Waals surface area (Å²) in [6, 6.07) is -0.119. The van der Waals surface area contributed by atoms with E-state index in [2.05, 4.69) is 40.2 Å². The Kier molecular flexibility index (Phi) is 6.47. The van der Waals surface area contributed by atoms with Crippen LogP contribution < -0.4 is 10.9 Å². The molecule has 1 rings (SSSR count). The molecule has 0 radical (unpaired) electrons. The van der Waals surface area contributed by atoms with Gasteiger partial charge in [0.1, 0.15) is 4.47 Å². The second-order valence-corrected chi connectivity index (χ2v) is 5.57. The van der Waals surface area contributed by atoms with Gasteiger partial charge in [0.25, 0.3) is 5.56 Å². The highest BCUT2D eigenvalue weighted by atomic mass is 79.9. The number of anilines is 1. The number of nitrogens with zero attached hydrogens (tertiary/aromatic N) is 2. The van der Waals surface area contributed by atoms with Crippen LogP contribution in [0.15, 0.2) is 15.5 Å². The number of hydrogen-bond acceptors (Lipinski definition) is 5. The number of nitrogens with one attached hydrogen (secondary N) is 1. The number of halogens is 1. The Labute approximate surface area is 120 Å². The molecule has 0 aliphatic carbocycles. The Bertz CT molecular complexity index is 462. The largest absolute Gasteiger partial charge is 0.394 e. The third-order valence-electron chi connectivity index (χ3n) is 2.63. The molecule has 1 unspecified atom stereocenters. The van der Waals surface area contributed by atoms with Crippen LogP contribution in [0.25, 0.3) is 0 Å². The summed E-state index contributed by atoms with van der Waals surface area (Å²) in [6.07, 6.45) is 2.31. The average molecular weight is 334 g/mol. The van der Waals surface area contributed by atoms with Crippen LogP contribution in [0.4, 0.5) is 5.69 Å². The lowest BCUT2D eigenvalue weighted by Crippen LogP contribution is -2.30. The number of aromatic nitrogens is 2. The van der Waals surface area contributed by atoms with Gasteiger partial charge in [-0.05, 0) is 28.3 Å². The molecule has 0 amide bonds. The first-order valence-electron chi connectivity index (χ1n) is 6.23. The average Bonchev–Trinajstić information content (AvgIpc) is 2.37. The van der Waals surface area contributed by atoms with Crippen molar-refractivity contribution in [3.63, 3.8) is 0 Å². The lowest BCUT2D eigenvalue weighted by molar-refractivity contribution is 0.259. The van der Waals surface area contributed by atoms with Crippen LogP contribution in [0.5, 0.6) is 0 Å². The van der Waals surface area contributed by atoms with Crippen molar-refractivity contribution in [3.05, 3.63) is 21.0 Å². The molecule has 19 heavy (non-hydrogen) atoms. The van der Waals surface area contributed by atoms with Crippen LogP contribution in [-0.4, -0.2) is 39.2 Å². The van der Waals surface area contributed by atoms with Crippen molar-refractivity contribution in [3.8, 4) is 0 Å². The Morgan fingerprint density at radius 2 is 2.16 bits per heavy atom. The zero-order chi connectivity index (χ0) is 14.4. The van der Waals surface area contributed by atoms with Crippen molar-refractivity contribution < 1.29 is 10.2 Å². The lowest BCUT2D eigenvalue weighted by Gasteiger charge is -2.20. The van der Waals surface area contributed by atoms with Crippen molar-refractivity contribution in [2.45, 2.75) is 32.9 Å². The van der Waals surface area contributed by atoms with Crippen molar-refractivity contribution in [1.82, 2.24) is 9.78 Å². The molecule has 6 nitrogen and oxygen atoms in total. The predicted molar refractivity (Wildman–Crippen MR) is 77.2 cm³/mol. The van der Waals surface area contributed by atoms with E-state index in [4.69, 9.17) is 5.11 Å². The number of hydrogen-bond donors (Lipinski definition) is 3. The van der Waals surface area contributed by atoms with Gasteiger partial charge in [0.15, 0.2) is 0 Å². The summed E-state index contributed by atoms with van der Waals surface area (Å²) >= 11 is 3.23. The predicted octanol–water partition coefficient (Wildman–Crippen LogP) is 0.817. The van der Waals surface area contributed by atoms with E-state index in [1.54, 1.807) is 0 Å². The highest BCUT2D eigenvalue weighted by Gasteiger charge is 2.14. The Morgan fingerprint density at radius 3 is 2.68 bits per heavy atom. The van der Waals surface area contributed by atoms with E-state index in [9.17, 15) is 9.90 Å². The topological polar surface area (TPSA) is 87.4 Å². The second kappa shape index (κ2) is 7.62. The standard InChI is InChI=1S/C12H20BrN3O3/c1-8(2)5-9(7-18)15-10-6-14-16(3-4-17)12(19)11(10)13/h6,8-9,15,17-18H,3-5,7H2,1-2H3. The van der Waals surface area contributed by atoms with Gasteiger partial charge in [0.05, 0.1) is 31.6 Å².